The van der Waals surface area contributed by atoms with Crippen molar-refractivity contribution in [2.45, 2.75) is 0 Å². The molecule has 0 aliphatic carbocycles. The molecular formula is C18H16BrN3O4. The molecule has 0 spiro atoms. The van der Waals surface area contributed by atoms with Crippen molar-refractivity contribution in [2.24, 2.45) is 0 Å². The lowest BCUT2D eigenvalue weighted by Crippen LogP contribution is -2.35. The summed E-state index contributed by atoms with van der Waals surface area (Å²) < 4.78 is 0. The maximum Gasteiger partial charge on any atom is 0.270 e. The van der Waals surface area contributed by atoms with Crippen LogP contribution in [0.15, 0.2) is 60.3 Å². The molecule has 2 rings (SSSR count). The largest absolute Gasteiger partial charge is 0.350 e. The van der Waals surface area contributed by atoms with Gasteiger partial charge in [-0.1, -0.05) is 46.3 Å². The number of hydrogen-bond donors (Lipinski definition) is 2. The Bertz CT molecular complexity index is 837. The standard InChI is InChI=1S/C18H16BrN3O4/c19-9-10-20-18(24)16(21-17(23)14-6-2-1-3-7-14)12-13-5-4-8-15(11-13)22(25)26/h1-8,11-12H,9-10H2,(H,20,24)(H,21,23). The highest BCUT2D eigenvalue weighted by atomic mass is 79.9. The molecule has 0 aliphatic heterocycles. The van der Waals surface area contributed by atoms with E-state index in [2.05, 4.69) is 26.6 Å². The number of hydrogen-bond acceptors (Lipinski definition) is 4. The number of nitrogens with one attached hydrogen (secondary N) is 2. The van der Waals surface area contributed by atoms with E-state index in [1.165, 1.54) is 24.3 Å². The maximum absolute atomic E-state index is 12.3. The van der Waals surface area contributed by atoms with Crippen molar-refractivity contribution in [1.82, 2.24) is 10.6 Å². The predicted octanol–water partition coefficient (Wildman–Crippen LogP) is 2.88. The molecule has 8 heteroatoms. The number of alkyl halides is 1. The molecule has 0 heterocycles. The average molecular weight is 418 g/mol. The zero-order chi connectivity index (χ0) is 18.9. The number of carbonyl (C=O) groups excluding carboxylic acids is 2. The van der Waals surface area contributed by atoms with Gasteiger partial charge in [0, 0.05) is 29.6 Å². The summed E-state index contributed by atoms with van der Waals surface area (Å²) in [4.78, 5) is 35.1. The van der Waals surface area contributed by atoms with Crippen LogP contribution in [-0.4, -0.2) is 28.6 Å². The fraction of sp³-hybridized carbons (Fsp3) is 0.111. The third-order valence-corrected chi connectivity index (χ3v) is 3.70. The minimum atomic E-state index is -0.523. The van der Waals surface area contributed by atoms with Gasteiger partial charge in [-0.05, 0) is 23.8 Å². The molecule has 0 saturated heterocycles. The molecule has 0 aromatic heterocycles. The van der Waals surface area contributed by atoms with Gasteiger partial charge in [0.25, 0.3) is 17.5 Å². The first kappa shape index (κ1) is 19.3. The average Bonchev–Trinajstić information content (AvgIpc) is 2.66. The van der Waals surface area contributed by atoms with Crippen molar-refractivity contribution < 1.29 is 14.5 Å². The van der Waals surface area contributed by atoms with Crippen LogP contribution in [-0.2, 0) is 4.79 Å². The number of halogens is 1. The molecule has 0 fully saturated rings. The van der Waals surface area contributed by atoms with Crippen LogP contribution < -0.4 is 10.6 Å². The van der Waals surface area contributed by atoms with Crippen molar-refractivity contribution >= 4 is 39.5 Å². The van der Waals surface area contributed by atoms with E-state index >= 15 is 0 Å². The fourth-order valence-electron chi connectivity index (χ4n) is 2.09. The molecule has 2 N–H and O–H groups in total. The van der Waals surface area contributed by atoms with Crippen molar-refractivity contribution in [1.29, 1.82) is 0 Å². The normalized spacial score (nSPS) is 10.9. The van der Waals surface area contributed by atoms with Crippen LogP contribution in [0.5, 0.6) is 0 Å². The van der Waals surface area contributed by atoms with Gasteiger partial charge in [0.05, 0.1) is 4.92 Å². The number of amides is 2. The van der Waals surface area contributed by atoms with Gasteiger partial charge in [0.2, 0.25) is 0 Å². The highest BCUT2D eigenvalue weighted by Gasteiger charge is 2.15. The molecule has 0 unspecified atom stereocenters. The summed E-state index contributed by atoms with van der Waals surface area (Å²) in [5, 5.41) is 16.7. The van der Waals surface area contributed by atoms with Crippen LogP contribution >= 0.6 is 15.9 Å². The molecule has 0 aliphatic rings. The number of rotatable bonds is 7. The van der Waals surface area contributed by atoms with Gasteiger partial charge in [0.1, 0.15) is 5.70 Å². The fourth-order valence-corrected chi connectivity index (χ4v) is 2.29. The SMILES string of the molecule is O=C(NCCBr)C(=Cc1cccc([N+](=O)[O-])c1)NC(=O)c1ccccc1. The second-order valence-electron chi connectivity index (χ2n) is 5.18. The van der Waals surface area contributed by atoms with Crippen molar-refractivity contribution in [2.75, 3.05) is 11.9 Å². The summed E-state index contributed by atoms with van der Waals surface area (Å²) in [5.41, 5.74) is 0.718. The summed E-state index contributed by atoms with van der Waals surface area (Å²) in [6.07, 6.45) is 1.40. The van der Waals surface area contributed by atoms with Crippen molar-refractivity contribution in [3.63, 3.8) is 0 Å². The Morgan fingerprint density at radius 1 is 1.12 bits per heavy atom. The summed E-state index contributed by atoms with van der Waals surface area (Å²) in [6, 6.07) is 14.2. The van der Waals surface area contributed by atoms with Crippen LogP contribution in [0, 0.1) is 10.1 Å². The number of benzene rings is 2. The number of carbonyl (C=O) groups is 2. The van der Waals surface area contributed by atoms with Gasteiger partial charge in [-0.3, -0.25) is 19.7 Å². The topological polar surface area (TPSA) is 101 Å². The van der Waals surface area contributed by atoms with E-state index in [1.807, 2.05) is 0 Å². The lowest BCUT2D eigenvalue weighted by Gasteiger charge is -2.10. The van der Waals surface area contributed by atoms with Crippen LogP contribution in [0.1, 0.15) is 15.9 Å². The molecule has 2 aromatic carbocycles. The summed E-state index contributed by atoms with van der Waals surface area (Å²) in [7, 11) is 0. The Kier molecular flexibility index (Phi) is 7.04. The molecule has 134 valence electrons. The Hall–Kier alpha value is -3.00. The third-order valence-electron chi connectivity index (χ3n) is 3.30. The van der Waals surface area contributed by atoms with Crippen LogP contribution in [0.3, 0.4) is 0 Å². The van der Waals surface area contributed by atoms with Gasteiger partial charge >= 0.3 is 0 Å². The molecule has 7 nitrogen and oxygen atoms in total. The minimum absolute atomic E-state index is 0.000279. The number of nitro groups is 1. The summed E-state index contributed by atoms with van der Waals surface area (Å²) >= 11 is 3.21. The van der Waals surface area contributed by atoms with E-state index in [9.17, 15) is 19.7 Å². The first-order valence-electron chi connectivity index (χ1n) is 7.68. The van der Waals surface area contributed by atoms with Gasteiger partial charge in [0.15, 0.2) is 0 Å². The second kappa shape index (κ2) is 9.47. The van der Waals surface area contributed by atoms with Crippen LogP contribution in [0.4, 0.5) is 5.69 Å². The van der Waals surface area contributed by atoms with E-state index in [0.29, 0.717) is 23.0 Å². The molecule has 0 radical (unpaired) electrons. The lowest BCUT2D eigenvalue weighted by molar-refractivity contribution is -0.384. The predicted molar refractivity (Wildman–Crippen MR) is 102 cm³/mol. The van der Waals surface area contributed by atoms with Gasteiger partial charge in [-0.25, -0.2) is 0 Å². The second-order valence-corrected chi connectivity index (χ2v) is 5.97. The van der Waals surface area contributed by atoms with Crippen molar-refractivity contribution in [3.05, 3.63) is 81.5 Å². The Morgan fingerprint density at radius 2 is 1.85 bits per heavy atom. The Morgan fingerprint density at radius 3 is 2.50 bits per heavy atom. The van der Waals surface area contributed by atoms with Gasteiger partial charge in [-0.2, -0.15) is 0 Å². The first-order chi connectivity index (χ1) is 12.5. The zero-order valence-electron chi connectivity index (χ0n) is 13.6. The minimum Gasteiger partial charge on any atom is -0.350 e. The zero-order valence-corrected chi connectivity index (χ0v) is 15.2. The molecule has 26 heavy (non-hydrogen) atoms. The molecule has 0 atom stereocenters. The van der Waals surface area contributed by atoms with E-state index in [4.69, 9.17) is 0 Å². The Balaban J connectivity index is 2.31. The van der Waals surface area contributed by atoms with E-state index in [-0.39, 0.29) is 11.4 Å². The summed E-state index contributed by atoms with van der Waals surface area (Å²) in [6.45, 7) is 0.367. The highest BCUT2D eigenvalue weighted by Crippen LogP contribution is 2.15. The van der Waals surface area contributed by atoms with E-state index in [0.717, 1.165) is 0 Å². The molecule has 2 amide bonds. The quantitative estimate of drug-likeness (QED) is 0.313. The van der Waals surface area contributed by atoms with Gasteiger partial charge < -0.3 is 10.6 Å². The van der Waals surface area contributed by atoms with Gasteiger partial charge in [-0.15, -0.1) is 0 Å². The monoisotopic (exact) mass is 417 g/mol. The lowest BCUT2D eigenvalue weighted by atomic mass is 10.1. The van der Waals surface area contributed by atoms with Crippen LogP contribution in [0.25, 0.3) is 6.08 Å². The molecular weight excluding hydrogens is 402 g/mol. The molecule has 0 saturated carbocycles. The van der Waals surface area contributed by atoms with Crippen LogP contribution in [0.2, 0.25) is 0 Å². The first-order valence-corrected chi connectivity index (χ1v) is 8.80. The van der Waals surface area contributed by atoms with Crippen molar-refractivity contribution in [3.8, 4) is 0 Å². The molecule has 0 bridgehead atoms. The number of non-ortho nitro benzene ring substituents is 1. The smallest absolute Gasteiger partial charge is 0.270 e. The summed E-state index contributed by atoms with van der Waals surface area (Å²) in [5.74, 6) is -0.934. The highest BCUT2D eigenvalue weighted by molar-refractivity contribution is 9.09. The van der Waals surface area contributed by atoms with E-state index < -0.39 is 16.7 Å². The molecule has 2 aromatic rings. The number of nitrogens with zero attached hydrogens (tertiary/aromatic N) is 1. The Labute approximate surface area is 158 Å². The third kappa shape index (κ3) is 5.52. The number of nitro benzene ring substituents is 1. The van der Waals surface area contributed by atoms with E-state index in [1.54, 1.807) is 36.4 Å². The maximum atomic E-state index is 12.3.